The molecule has 0 saturated heterocycles. The van der Waals surface area contributed by atoms with Crippen molar-refractivity contribution >= 4 is 11.3 Å². The minimum absolute atomic E-state index is 0.390. The van der Waals surface area contributed by atoms with Gasteiger partial charge in [-0.05, 0) is 0 Å². The van der Waals surface area contributed by atoms with E-state index in [1.807, 2.05) is 29.5 Å². The number of aromatic nitrogens is 3. The van der Waals surface area contributed by atoms with Gasteiger partial charge in [-0.2, -0.15) is 5.10 Å². The average molecular weight is 278 g/mol. The zero-order valence-electron chi connectivity index (χ0n) is 11.2. The average Bonchev–Trinajstić information content (AvgIpc) is 3.00. The molecule has 0 N–H and O–H groups in total. The number of thiazole rings is 1. The molecule has 19 heavy (non-hydrogen) atoms. The van der Waals surface area contributed by atoms with Crippen LogP contribution in [0.5, 0.6) is 0 Å². The van der Waals surface area contributed by atoms with E-state index in [2.05, 4.69) is 15.0 Å². The molecule has 0 saturated carbocycles. The lowest BCUT2D eigenvalue weighted by Gasteiger charge is -2.32. The molecule has 1 aliphatic rings. The quantitative estimate of drug-likeness (QED) is 0.852. The van der Waals surface area contributed by atoms with Gasteiger partial charge in [-0.25, -0.2) is 4.98 Å². The minimum Gasteiger partial charge on any atom is -0.384 e. The summed E-state index contributed by atoms with van der Waals surface area (Å²) in [4.78, 5) is 6.79. The zero-order chi connectivity index (χ0) is 13.2. The number of hydrogen-bond acceptors (Lipinski definition) is 5. The van der Waals surface area contributed by atoms with Gasteiger partial charge in [0, 0.05) is 56.0 Å². The molecule has 1 atom stereocenters. The number of methoxy groups -OCH3 is 1. The predicted octanol–water partition coefficient (Wildman–Crippen LogP) is 1.62. The van der Waals surface area contributed by atoms with E-state index in [0.717, 1.165) is 26.2 Å². The normalized spacial score (nSPS) is 19.6. The fourth-order valence-electron chi connectivity index (χ4n) is 2.82. The molecule has 2 aromatic rings. The molecule has 0 fully saturated rings. The molecule has 0 aliphatic carbocycles. The van der Waals surface area contributed by atoms with Crippen molar-refractivity contribution in [2.24, 2.45) is 7.05 Å². The topological polar surface area (TPSA) is 43.2 Å². The largest absolute Gasteiger partial charge is 0.384 e. The van der Waals surface area contributed by atoms with Gasteiger partial charge < -0.3 is 4.74 Å². The highest BCUT2D eigenvalue weighted by molar-refractivity contribution is 7.09. The van der Waals surface area contributed by atoms with Crippen LogP contribution in [0.25, 0.3) is 0 Å². The summed E-state index contributed by atoms with van der Waals surface area (Å²) >= 11 is 1.71. The molecule has 6 heteroatoms. The van der Waals surface area contributed by atoms with E-state index >= 15 is 0 Å². The lowest BCUT2D eigenvalue weighted by atomic mass is 9.97. The van der Waals surface area contributed by atoms with Gasteiger partial charge in [0.15, 0.2) is 0 Å². The van der Waals surface area contributed by atoms with Crippen LogP contribution in [-0.4, -0.2) is 39.9 Å². The zero-order valence-corrected chi connectivity index (χ0v) is 12.1. The van der Waals surface area contributed by atoms with Gasteiger partial charge in [0.2, 0.25) is 0 Å². The second-order valence-corrected chi connectivity index (χ2v) is 5.91. The number of rotatable bonds is 4. The molecule has 2 aromatic heterocycles. The fourth-order valence-corrected chi connectivity index (χ4v) is 3.48. The monoisotopic (exact) mass is 278 g/mol. The van der Waals surface area contributed by atoms with Gasteiger partial charge in [0.25, 0.3) is 0 Å². The summed E-state index contributed by atoms with van der Waals surface area (Å²) in [5, 5.41) is 7.58. The second-order valence-electron chi connectivity index (χ2n) is 4.93. The van der Waals surface area contributed by atoms with E-state index in [0.29, 0.717) is 5.92 Å². The molecular formula is C13H18N4OS. The van der Waals surface area contributed by atoms with Gasteiger partial charge in [-0.3, -0.25) is 9.58 Å². The van der Waals surface area contributed by atoms with Crippen LogP contribution < -0.4 is 0 Å². The van der Waals surface area contributed by atoms with Crippen molar-refractivity contribution in [1.82, 2.24) is 19.7 Å². The van der Waals surface area contributed by atoms with Crippen molar-refractivity contribution in [2.45, 2.75) is 19.0 Å². The van der Waals surface area contributed by atoms with Crippen molar-refractivity contribution in [3.8, 4) is 0 Å². The van der Waals surface area contributed by atoms with Crippen molar-refractivity contribution in [1.29, 1.82) is 0 Å². The molecule has 5 nitrogen and oxygen atoms in total. The Bertz CT molecular complexity index is 537. The smallest absolute Gasteiger partial charge is 0.107 e. The van der Waals surface area contributed by atoms with Gasteiger partial charge in [-0.1, -0.05) is 0 Å². The third-order valence-electron chi connectivity index (χ3n) is 3.53. The Hall–Kier alpha value is -1.24. The fraction of sp³-hybridized carbons (Fsp3) is 0.538. The van der Waals surface area contributed by atoms with Crippen molar-refractivity contribution in [3.63, 3.8) is 0 Å². The van der Waals surface area contributed by atoms with Crippen LogP contribution in [0.2, 0.25) is 0 Å². The van der Waals surface area contributed by atoms with Crippen molar-refractivity contribution < 1.29 is 4.74 Å². The molecule has 3 heterocycles. The second kappa shape index (κ2) is 5.40. The third kappa shape index (κ3) is 2.56. The Labute approximate surface area is 116 Å². The number of aryl methyl sites for hydroxylation is 1. The molecular weight excluding hydrogens is 260 g/mol. The van der Waals surface area contributed by atoms with Crippen molar-refractivity contribution in [2.75, 3.05) is 20.3 Å². The van der Waals surface area contributed by atoms with Gasteiger partial charge in [-0.15, -0.1) is 11.3 Å². The first-order valence-electron chi connectivity index (χ1n) is 6.38. The molecule has 0 bridgehead atoms. The summed E-state index contributed by atoms with van der Waals surface area (Å²) < 4.78 is 7.35. The SMILES string of the molecule is COCC1CN(Cc2nccs2)Cc2cnn(C)c21. The Morgan fingerprint density at radius 1 is 1.53 bits per heavy atom. The predicted molar refractivity (Wildman–Crippen MR) is 74.1 cm³/mol. The van der Waals surface area contributed by atoms with E-state index in [1.54, 1.807) is 18.4 Å². The van der Waals surface area contributed by atoms with Gasteiger partial charge in [0.05, 0.1) is 19.3 Å². The Kier molecular flexibility index (Phi) is 3.63. The lowest BCUT2D eigenvalue weighted by Crippen LogP contribution is -2.35. The summed E-state index contributed by atoms with van der Waals surface area (Å²) in [6.45, 7) is 3.59. The summed E-state index contributed by atoms with van der Waals surface area (Å²) in [6, 6.07) is 0. The Morgan fingerprint density at radius 2 is 2.42 bits per heavy atom. The number of hydrogen-bond donors (Lipinski definition) is 0. The number of ether oxygens (including phenoxy) is 1. The first-order valence-corrected chi connectivity index (χ1v) is 7.26. The molecule has 0 amide bonds. The van der Waals surface area contributed by atoms with E-state index in [9.17, 15) is 0 Å². The van der Waals surface area contributed by atoms with Gasteiger partial charge >= 0.3 is 0 Å². The van der Waals surface area contributed by atoms with Crippen LogP contribution in [0.15, 0.2) is 17.8 Å². The standard InChI is InChI=1S/C13H18N4OS/c1-16-13-10(5-15-16)6-17(7-11(13)9-18-2)8-12-14-3-4-19-12/h3-5,11H,6-9H2,1-2H3. The van der Waals surface area contributed by atoms with Crippen LogP contribution in [0, 0.1) is 0 Å². The summed E-state index contributed by atoms with van der Waals surface area (Å²) in [7, 11) is 3.77. The van der Waals surface area contributed by atoms with E-state index < -0.39 is 0 Å². The van der Waals surface area contributed by atoms with Gasteiger partial charge in [0.1, 0.15) is 5.01 Å². The number of nitrogens with zero attached hydrogens (tertiary/aromatic N) is 4. The van der Waals surface area contributed by atoms with Crippen LogP contribution in [0.4, 0.5) is 0 Å². The highest BCUT2D eigenvalue weighted by Crippen LogP contribution is 2.29. The maximum atomic E-state index is 5.37. The highest BCUT2D eigenvalue weighted by atomic mass is 32.1. The molecule has 102 valence electrons. The molecule has 1 aliphatic heterocycles. The first-order chi connectivity index (χ1) is 9.28. The van der Waals surface area contributed by atoms with E-state index in [4.69, 9.17) is 4.74 Å². The maximum Gasteiger partial charge on any atom is 0.107 e. The first kappa shape index (κ1) is 12.8. The van der Waals surface area contributed by atoms with Crippen molar-refractivity contribution in [3.05, 3.63) is 34.0 Å². The summed E-state index contributed by atoms with van der Waals surface area (Å²) in [5.41, 5.74) is 2.63. The van der Waals surface area contributed by atoms with E-state index in [-0.39, 0.29) is 0 Å². The third-order valence-corrected chi connectivity index (χ3v) is 4.30. The Morgan fingerprint density at radius 3 is 3.16 bits per heavy atom. The minimum atomic E-state index is 0.390. The molecule has 1 unspecified atom stereocenters. The summed E-state index contributed by atoms with van der Waals surface area (Å²) in [6.07, 6.45) is 3.85. The van der Waals surface area contributed by atoms with E-state index in [1.165, 1.54) is 16.3 Å². The molecule has 0 aromatic carbocycles. The summed E-state index contributed by atoms with van der Waals surface area (Å²) in [5.74, 6) is 0.390. The van der Waals surface area contributed by atoms with Crippen LogP contribution in [0.1, 0.15) is 22.2 Å². The van der Waals surface area contributed by atoms with Crippen LogP contribution in [-0.2, 0) is 24.9 Å². The Balaban J connectivity index is 1.80. The molecule has 3 rings (SSSR count). The van der Waals surface area contributed by atoms with Crippen LogP contribution >= 0.6 is 11.3 Å². The maximum absolute atomic E-state index is 5.37. The molecule has 0 radical (unpaired) electrons. The highest BCUT2D eigenvalue weighted by Gasteiger charge is 2.28. The lowest BCUT2D eigenvalue weighted by molar-refractivity contribution is 0.132. The van der Waals surface area contributed by atoms with Crippen LogP contribution in [0.3, 0.4) is 0 Å². The number of fused-ring (bicyclic) bond motifs is 1. The molecule has 0 spiro atoms.